The fourth-order valence-corrected chi connectivity index (χ4v) is 6.06. The first-order valence-electron chi connectivity index (χ1n) is 14.6. The van der Waals surface area contributed by atoms with Crippen molar-refractivity contribution in [1.29, 1.82) is 0 Å². The zero-order valence-corrected chi connectivity index (χ0v) is 23.2. The molecule has 1 aliphatic heterocycles. The Morgan fingerprint density at radius 2 is 1.97 bits per heavy atom. The number of nitrogens with one attached hydrogen (secondary N) is 1. The molecule has 0 aromatic carbocycles. The third-order valence-corrected chi connectivity index (χ3v) is 8.58. The number of aromatic nitrogens is 2. The number of likely N-dealkylation sites (tertiary alicyclic amines) is 1. The number of hydrogen-bond acceptors (Lipinski definition) is 4. The van der Waals surface area contributed by atoms with Crippen molar-refractivity contribution in [2.24, 2.45) is 18.9 Å². The fourth-order valence-electron chi connectivity index (χ4n) is 6.06. The van der Waals surface area contributed by atoms with E-state index in [1.165, 1.54) is 29.7 Å². The van der Waals surface area contributed by atoms with Gasteiger partial charge in [0.05, 0.1) is 6.20 Å². The van der Waals surface area contributed by atoms with Gasteiger partial charge in [-0.2, -0.15) is 5.10 Å². The van der Waals surface area contributed by atoms with Crippen molar-refractivity contribution < 1.29 is 14.8 Å². The maximum atomic E-state index is 13.8. The molecule has 0 radical (unpaired) electrons. The monoisotopic (exact) mass is 523 g/mol. The topological polar surface area (TPSA) is 90.7 Å². The number of carbonyl (C=O) groups excluding carboxylic acids is 2. The summed E-state index contributed by atoms with van der Waals surface area (Å²) >= 11 is 0. The average Bonchev–Trinajstić information content (AvgIpc) is 3.15. The van der Waals surface area contributed by atoms with Crippen LogP contribution >= 0.6 is 0 Å². The fraction of sp³-hybridized carbons (Fsp3) is 0.633. The Labute approximate surface area is 227 Å². The van der Waals surface area contributed by atoms with E-state index in [1.54, 1.807) is 5.48 Å². The van der Waals surface area contributed by atoms with E-state index in [9.17, 15) is 9.59 Å². The summed E-state index contributed by atoms with van der Waals surface area (Å²) in [6.45, 7) is 4.65. The third kappa shape index (κ3) is 7.16. The number of carbonyl (C=O) groups is 2. The Morgan fingerprint density at radius 3 is 2.74 bits per heavy atom. The summed E-state index contributed by atoms with van der Waals surface area (Å²) in [5.41, 5.74) is 6.74. The van der Waals surface area contributed by atoms with E-state index >= 15 is 0 Å². The molecule has 4 rings (SSSR count). The van der Waals surface area contributed by atoms with Crippen LogP contribution in [-0.2, 0) is 18.3 Å². The molecule has 1 saturated heterocycles. The SMILES string of the molecule is CCC1CCCN(C(=O)N(CCCCCCC(=O)NO)C2=CC=C(C3C=Cc4cnn(C)c4C3)CC2)CC1. The van der Waals surface area contributed by atoms with Crippen molar-refractivity contribution in [2.45, 2.75) is 84.0 Å². The predicted octanol–water partition coefficient (Wildman–Crippen LogP) is 5.60. The molecule has 1 aromatic heterocycles. The number of urea groups is 1. The molecular formula is C30H45N5O3. The molecule has 0 bridgehead atoms. The molecule has 208 valence electrons. The van der Waals surface area contributed by atoms with Gasteiger partial charge in [0.15, 0.2) is 0 Å². The van der Waals surface area contributed by atoms with Gasteiger partial charge in [-0.25, -0.2) is 10.3 Å². The van der Waals surface area contributed by atoms with Gasteiger partial charge in [0, 0.05) is 56.0 Å². The van der Waals surface area contributed by atoms with Gasteiger partial charge in [-0.15, -0.1) is 0 Å². The summed E-state index contributed by atoms with van der Waals surface area (Å²) in [5, 5.41) is 13.1. The van der Waals surface area contributed by atoms with Crippen LogP contribution in [0.3, 0.4) is 0 Å². The van der Waals surface area contributed by atoms with Gasteiger partial charge in [-0.05, 0) is 63.4 Å². The molecule has 2 unspecified atom stereocenters. The maximum absolute atomic E-state index is 13.8. The lowest BCUT2D eigenvalue weighted by atomic mass is 9.84. The molecule has 2 atom stereocenters. The molecule has 0 saturated carbocycles. The van der Waals surface area contributed by atoms with E-state index < -0.39 is 0 Å². The number of unbranched alkanes of at least 4 members (excludes halogenated alkanes) is 3. The quantitative estimate of drug-likeness (QED) is 0.237. The first-order valence-corrected chi connectivity index (χ1v) is 14.6. The molecule has 3 amide bonds. The molecule has 2 heterocycles. The highest BCUT2D eigenvalue weighted by Gasteiger charge is 2.28. The van der Waals surface area contributed by atoms with E-state index in [-0.39, 0.29) is 11.9 Å². The zero-order chi connectivity index (χ0) is 26.9. The number of amides is 3. The molecule has 2 aliphatic carbocycles. The first kappa shape index (κ1) is 28.1. The Balaban J connectivity index is 1.41. The number of aryl methyl sites for hydroxylation is 1. The lowest BCUT2D eigenvalue weighted by Gasteiger charge is -2.33. The highest BCUT2D eigenvalue weighted by atomic mass is 16.5. The Bertz CT molecular complexity index is 1060. The molecular weight excluding hydrogens is 478 g/mol. The number of nitrogens with zero attached hydrogens (tertiary/aromatic N) is 4. The van der Waals surface area contributed by atoms with Gasteiger partial charge in [0.1, 0.15) is 0 Å². The average molecular weight is 524 g/mol. The van der Waals surface area contributed by atoms with Gasteiger partial charge in [0.2, 0.25) is 5.91 Å². The number of rotatable bonds is 10. The molecule has 38 heavy (non-hydrogen) atoms. The highest BCUT2D eigenvalue weighted by Crippen LogP contribution is 2.33. The number of hydrogen-bond donors (Lipinski definition) is 2. The molecule has 2 N–H and O–H groups in total. The largest absolute Gasteiger partial charge is 0.324 e. The van der Waals surface area contributed by atoms with E-state index in [1.807, 2.05) is 22.8 Å². The van der Waals surface area contributed by atoms with Crippen molar-refractivity contribution in [1.82, 2.24) is 25.1 Å². The number of hydroxylamine groups is 1. The first-order chi connectivity index (χ1) is 18.5. The van der Waals surface area contributed by atoms with Gasteiger partial charge in [-0.3, -0.25) is 19.6 Å². The lowest BCUT2D eigenvalue weighted by Crippen LogP contribution is -2.44. The van der Waals surface area contributed by atoms with Crippen molar-refractivity contribution in [3.63, 3.8) is 0 Å². The molecule has 1 aromatic rings. The van der Waals surface area contributed by atoms with E-state index in [4.69, 9.17) is 5.21 Å². The van der Waals surface area contributed by atoms with Crippen molar-refractivity contribution in [3.05, 3.63) is 47.0 Å². The number of fused-ring (bicyclic) bond motifs is 1. The Hall–Kier alpha value is -2.87. The Kier molecular flexibility index (Phi) is 10.2. The van der Waals surface area contributed by atoms with E-state index in [0.717, 1.165) is 82.5 Å². The van der Waals surface area contributed by atoms with E-state index in [2.05, 4.69) is 41.2 Å². The second-order valence-corrected chi connectivity index (χ2v) is 11.1. The number of allylic oxidation sites excluding steroid dienone is 5. The summed E-state index contributed by atoms with van der Waals surface area (Å²) in [6, 6.07) is 0.154. The summed E-state index contributed by atoms with van der Waals surface area (Å²) in [5.74, 6) is 0.767. The van der Waals surface area contributed by atoms with Crippen molar-refractivity contribution in [3.8, 4) is 0 Å². The van der Waals surface area contributed by atoms with Gasteiger partial charge < -0.3 is 4.90 Å². The van der Waals surface area contributed by atoms with Crippen LogP contribution in [0.1, 0.15) is 88.8 Å². The van der Waals surface area contributed by atoms with E-state index in [0.29, 0.717) is 18.9 Å². The predicted molar refractivity (Wildman–Crippen MR) is 149 cm³/mol. The third-order valence-electron chi connectivity index (χ3n) is 8.58. The summed E-state index contributed by atoms with van der Waals surface area (Å²) in [4.78, 5) is 29.2. The highest BCUT2D eigenvalue weighted by molar-refractivity contribution is 5.76. The lowest BCUT2D eigenvalue weighted by molar-refractivity contribution is -0.129. The maximum Gasteiger partial charge on any atom is 0.324 e. The molecule has 0 spiro atoms. The van der Waals surface area contributed by atoms with Gasteiger partial charge in [0.25, 0.3) is 0 Å². The molecule has 8 nitrogen and oxygen atoms in total. The zero-order valence-electron chi connectivity index (χ0n) is 23.2. The van der Waals surface area contributed by atoms with Gasteiger partial charge in [-0.1, -0.05) is 50.0 Å². The Morgan fingerprint density at radius 1 is 1.13 bits per heavy atom. The smallest absolute Gasteiger partial charge is 0.324 e. The minimum atomic E-state index is -0.337. The second kappa shape index (κ2) is 13.8. The van der Waals surface area contributed by atoms with Crippen LogP contribution < -0.4 is 5.48 Å². The second-order valence-electron chi connectivity index (χ2n) is 11.1. The summed E-state index contributed by atoms with van der Waals surface area (Å²) in [7, 11) is 2.01. The van der Waals surface area contributed by atoms with Crippen LogP contribution in [0.15, 0.2) is 35.7 Å². The normalized spacial score (nSPS) is 21.3. The van der Waals surface area contributed by atoms with Crippen LogP contribution in [0.4, 0.5) is 4.79 Å². The van der Waals surface area contributed by atoms with Gasteiger partial charge >= 0.3 is 6.03 Å². The minimum Gasteiger partial charge on any atom is -0.324 e. The molecule has 3 aliphatic rings. The van der Waals surface area contributed by atoms with Crippen LogP contribution in [0.5, 0.6) is 0 Å². The standard InChI is InChI=1S/C30H45N5O3/c1-3-23-9-8-18-34(20-17-23)30(37)35(19-7-5-4-6-10-29(36)32-38)27-15-13-24(14-16-27)25-11-12-26-22-31-33(2)28(26)21-25/h11-13,15,22-23,25,38H,3-10,14,16-21H2,1-2H3,(H,32,36). The molecule has 8 heteroatoms. The van der Waals surface area contributed by atoms with Crippen molar-refractivity contribution in [2.75, 3.05) is 19.6 Å². The molecule has 1 fully saturated rings. The summed E-state index contributed by atoms with van der Waals surface area (Å²) in [6.07, 6.45) is 22.1. The van der Waals surface area contributed by atoms with Crippen molar-refractivity contribution >= 4 is 18.0 Å². The van der Waals surface area contributed by atoms with Crippen LogP contribution in [0.25, 0.3) is 6.08 Å². The summed E-state index contributed by atoms with van der Waals surface area (Å²) < 4.78 is 1.98. The minimum absolute atomic E-state index is 0.154. The van der Waals surface area contributed by atoms with Crippen LogP contribution in [-0.4, -0.2) is 56.4 Å². The van der Waals surface area contributed by atoms with Crippen LogP contribution in [0.2, 0.25) is 0 Å². The van der Waals surface area contributed by atoms with Crippen LogP contribution in [0, 0.1) is 11.8 Å².